The maximum atomic E-state index is 12.6. The highest BCUT2D eigenvalue weighted by Crippen LogP contribution is 2.30. The molecule has 1 N–H and O–H groups in total. The molecule has 0 radical (unpaired) electrons. The number of rotatable bonds is 8. The van der Waals surface area contributed by atoms with E-state index in [0.29, 0.717) is 5.56 Å². The quantitative estimate of drug-likeness (QED) is 0.291. The fourth-order valence-electron chi connectivity index (χ4n) is 2.67. The third-order valence-corrected chi connectivity index (χ3v) is 5.58. The Kier molecular flexibility index (Phi) is 7.25. The molecule has 3 aromatic rings. The Morgan fingerprint density at radius 3 is 2.47 bits per heavy atom. The number of nitrogens with one attached hydrogen (secondary N) is 1. The van der Waals surface area contributed by atoms with Crippen LogP contribution in [-0.4, -0.2) is 37.4 Å². The fourth-order valence-corrected chi connectivity index (χ4v) is 3.61. The predicted molar refractivity (Wildman–Crippen MR) is 115 cm³/mol. The Hall–Kier alpha value is -3.87. The highest BCUT2D eigenvalue weighted by molar-refractivity contribution is 7.87. The molecule has 1 amide bonds. The van der Waals surface area contributed by atoms with Crippen molar-refractivity contribution in [1.82, 2.24) is 15.2 Å². The van der Waals surface area contributed by atoms with Gasteiger partial charge >= 0.3 is 16.3 Å². The highest BCUT2D eigenvalue weighted by atomic mass is 32.2. The van der Waals surface area contributed by atoms with Crippen molar-refractivity contribution in [3.63, 3.8) is 0 Å². The van der Waals surface area contributed by atoms with Crippen molar-refractivity contribution >= 4 is 22.2 Å². The molecular formula is C21H19F3N4O5S. The van der Waals surface area contributed by atoms with E-state index in [2.05, 4.69) is 15.6 Å². The van der Waals surface area contributed by atoms with E-state index in [4.69, 9.17) is 8.92 Å². The van der Waals surface area contributed by atoms with Crippen LogP contribution in [0.4, 0.5) is 13.2 Å². The monoisotopic (exact) mass is 496 g/mol. The van der Waals surface area contributed by atoms with Gasteiger partial charge in [0.2, 0.25) is 0 Å². The zero-order valence-corrected chi connectivity index (χ0v) is 18.7. The Morgan fingerprint density at radius 2 is 1.85 bits per heavy atom. The van der Waals surface area contributed by atoms with Crippen LogP contribution in [0.3, 0.4) is 0 Å². The molecule has 1 aromatic heterocycles. The number of ether oxygens (including phenoxy) is 1. The zero-order chi connectivity index (χ0) is 24.9. The highest BCUT2D eigenvalue weighted by Gasteiger charge is 2.33. The number of hydrogen-bond donors (Lipinski definition) is 1. The van der Waals surface area contributed by atoms with Gasteiger partial charge in [0.1, 0.15) is 11.4 Å². The summed E-state index contributed by atoms with van der Waals surface area (Å²) < 4.78 is 73.9. The molecule has 1 heterocycles. The number of halogens is 3. The first kappa shape index (κ1) is 24.8. The summed E-state index contributed by atoms with van der Waals surface area (Å²) in [6, 6.07) is 11.1. The van der Waals surface area contributed by atoms with Gasteiger partial charge in [0, 0.05) is 6.20 Å². The number of hydrazone groups is 1. The van der Waals surface area contributed by atoms with E-state index in [9.17, 15) is 26.4 Å². The minimum Gasteiger partial charge on any atom is -0.493 e. The first-order valence-corrected chi connectivity index (χ1v) is 11.0. The second-order valence-electron chi connectivity index (χ2n) is 6.95. The summed E-state index contributed by atoms with van der Waals surface area (Å²) >= 11 is 0. The Balaban J connectivity index is 1.64. The predicted octanol–water partition coefficient (Wildman–Crippen LogP) is 3.14. The minimum atomic E-state index is -4.60. The maximum Gasteiger partial charge on any atom is 0.435 e. The van der Waals surface area contributed by atoms with Crippen molar-refractivity contribution in [2.75, 3.05) is 7.11 Å². The molecule has 0 fully saturated rings. The molecule has 0 saturated heterocycles. The number of nitrogens with zero attached hydrogens (tertiary/aromatic N) is 3. The third-order valence-electron chi connectivity index (χ3n) is 4.34. The lowest BCUT2D eigenvalue weighted by atomic mass is 10.2. The number of carbonyl (C=O) groups is 1. The molecule has 2 aromatic carbocycles. The van der Waals surface area contributed by atoms with E-state index in [1.807, 2.05) is 6.92 Å². The van der Waals surface area contributed by atoms with Crippen molar-refractivity contribution in [2.24, 2.45) is 5.10 Å². The van der Waals surface area contributed by atoms with Gasteiger partial charge in [0.05, 0.1) is 13.3 Å². The molecule has 0 spiro atoms. The first-order valence-electron chi connectivity index (χ1n) is 9.60. The van der Waals surface area contributed by atoms with E-state index < -0.39 is 34.4 Å². The average Bonchev–Trinajstić information content (AvgIpc) is 3.24. The molecule has 9 nitrogen and oxygen atoms in total. The number of aromatic nitrogens is 2. The van der Waals surface area contributed by atoms with Crippen molar-refractivity contribution in [3.05, 3.63) is 71.5 Å². The molecule has 0 aliphatic heterocycles. The standard InChI is InChI=1S/C21H19F3N4O5S/c1-14-3-6-16(7-4-14)34(30,31)33-17-8-5-15(11-18(17)32-2)12-25-26-20(29)13-28-10-9-19(27-28)21(22,23)24/h3-12H,13H2,1-2H3,(H,26,29)/b25-12-. The third kappa shape index (κ3) is 6.34. The van der Waals surface area contributed by atoms with Crippen LogP contribution in [0.15, 0.2) is 64.7 Å². The summed E-state index contributed by atoms with van der Waals surface area (Å²) in [6.07, 6.45) is -2.34. The van der Waals surface area contributed by atoms with Crippen LogP contribution >= 0.6 is 0 Å². The van der Waals surface area contributed by atoms with Gasteiger partial charge in [0.15, 0.2) is 17.2 Å². The Morgan fingerprint density at radius 1 is 1.15 bits per heavy atom. The number of hydrogen-bond acceptors (Lipinski definition) is 7. The molecule has 0 aliphatic rings. The molecule has 0 saturated carbocycles. The summed E-state index contributed by atoms with van der Waals surface area (Å²) in [5.74, 6) is -0.658. The molecule has 180 valence electrons. The van der Waals surface area contributed by atoms with Gasteiger partial charge in [-0.3, -0.25) is 9.48 Å². The molecule has 34 heavy (non-hydrogen) atoms. The normalized spacial score (nSPS) is 12.0. The van der Waals surface area contributed by atoms with Gasteiger partial charge in [-0.15, -0.1) is 0 Å². The van der Waals surface area contributed by atoms with Crippen LogP contribution in [0.1, 0.15) is 16.8 Å². The molecule has 0 unspecified atom stereocenters. The summed E-state index contributed by atoms with van der Waals surface area (Å²) in [5.41, 5.74) is 2.37. The van der Waals surface area contributed by atoms with Gasteiger partial charge in [-0.05, 0) is 48.9 Å². The Labute approximate surface area is 192 Å². The lowest BCUT2D eigenvalue weighted by Gasteiger charge is -2.11. The van der Waals surface area contributed by atoms with Gasteiger partial charge in [-0.1, -0.05) is 17.7 Å². The van der Waals surface area contributed by atoms with Gasteiger partial charge in [-0.25, -0.2) is 5.43 Å². The van der Waals surface area contributed by atoms with Crippen LogP contribution in [0.5, 0.6) is 11.5 Å². The van der Waals surface area contributed by atoms with Gasteiger partial charge < -0.3 is 8.92 Å². The van der Waals surface area contributed by atoms with E-state index in [-0.39, 0.29) is 16.4 Å². The number of alkyl halides is 3. The van der Waals surface area contributed by atoms with Gasteiger partial charge in [0.25, 0.3) is 5.91 Å². The average molecular weight is 496 g/mol. The topological polar surface area (TPSA) is 112 Å². The van der Waals surface area contributed by atoms with Gasteiger partial charge in [-0.2, -0.15) is 31.8 Å². The summed E-state index contributed by atoms with van der Waals surface area (Å²) in [4.78, 5) is 11.9. The molecule has 3 rings (SSSR count). The van der Waals surface area contributed by atoms with Crippen LogP contribution in [0.25, 0.3) is 0 Å². The number of aryl methyl sites for hydroxylation is 1. The lowest BCUT2D eigenvalue weighted by Crippen LogP contribution is -2.23. The molecule has 0 atom stereocenters. The smallest absolute Gasteiger partial charge is 0.435 e. The minimum absolute atomic E-state index is 0.0203. The molecule has 0 aliphatic carbocycles. The summed E-state index contributed by atoms with van der Waals surface area (Å²) in [6.45, 7) is 1.35. The largest absolute Gasteiger partial charge is 0.493 e. The van der Waals surface area contributed by atoms with E-state index in [1.54, 1.807) is 12.1 Å². The number of methoxy groups -OCH3 is 1. The van der Waals surface area contributed by atoms with Crippen molar-refractivity contribution in [1.29, 1.82) is 0 Å². The molecule has 13 heteroatoms. The van der Waals surface area contributed by atoms with Crippen molar-refractivity contribution in [2.45, 2.75) is 24.5 Å². The van der Waals surface area contributed by atoms with E-state index >= 15 is 0 Å². The van der Waals surface area contributed by atoms with Crippen molar-refractivity contribution < 1.29 is 35.3 Å². The zero-order valence-electron chi connectivity index (χ0n) is 17.9. The molecular weight excluding hydrogens is 477 g/mol. The van der Waals surface area contributed by atoms with E-state index in [1.165, 1.54) is 43.7 Å². The fraction of sp³-hybridized carbons (Fsp3) is 0.190. The second kappa shape index (κ2) is 9.95. The number of amides is 1. The van der Waals surface area contributed by atoms with Crippen LogP contribution in [-0.2, 0) is 27.6 Å². The number of benzene rings is 2. The summed E-state index contributed by atoms with van der Waals surface area (Å²) in [7, 11) is -2.77. The SMILES string of the molecule is COc1cc(/C=N\NC(=O)Cn2ccc(C(F)(F)F)n2)ccc1OS(=O)(=O)c1ccc(C)cc1. The van der Waals surface area contributed by atoms with E-state index in [0.717, 1.165) is 22.5 Å². The summed E-state index contributed by atoms with van der Waals surface area (Å²) in [5, 5.41) is 7.00. The second-order valence-corrected chi connectivity index (χ2v) is 8.50. The number of carbonyl (C=O) groups excluding carboxylic acids is 1. The first-order chi connectivity index (χ1) is 16.0. The molecule has 0 bridgehead atoms. The van der Waals surface area contributed by atoms with Crippen LogP contribution in [0, 0.1) is 6.92 Å². The van der Waals surface area contributed by atoms with Crippen LogP contribution < -0.4 is 14.3 Å². The van der Waals surface area contributed by atoms with Crippen molar-refractivity contribution in [3.8, 4) is 11.5 Å². The van der Waals surface area contributed by atoms with Crippen LogP contribution in [0.2, 0.25) is 0 Å². The maximum absolute atomic E-state index is 12.6. The lowest BCUT2D eigenvalue weighted by molar-refractivity contribution is -0.141. The Bertz CT molecular complexity index is 1300.